The van der Waals surface area contributed by atoms with Gasteiger partial charge in [0.05, 0.1) is 35.1 Å². The van der Waals surface area contributed by atoms with Gasteiger partial charge in [0.25, 0.3) is 0 Å². The minimum Gasteiger partial charge on any atom is -0.372 e. The standard InChI is InChI=1S/C18H19ClN4O2/c1-18(2)9-21-15(8-25-18)17(24)23-13-6-10(19)5-12-11-3-4-20-7-14(11)22-16(12)13/h3-7,15,21-22H,8-9H2,1-2H3,(H,23,24)/t15-/m1/s1. The van der Waals surface area contributed by atoms with Gasteiger partial charge in [0, 0.05) is 28.5 Å². The molecule has 0 radical (unpaired) electrons. The Bertz CT molecular complexity index is 956. The molecular weight excluding hydrogens is 340 g/mol. The topological polar surface area (TPSA) is 79.0 Å². The molecule has 3 heterocycles. The number of nitrogens with zero attached hydrogens (tertiary/aromatic N) is 1. The van der Waals surface area contributed by atoms with E-state index in [0.717, 1.165) is 21.8 Å². The first kappa shape index (κ1) is 16.3. The molecule has 0 unspecified atom stereocenters. The first-order valence-corrected chi connectivity index (χ1v) is 8.54. The molecule has 1 amide bonds. The SMILES string of the molecule is CC1(C)CN[C@@H](C(=O)Nc2cc(Cl)cc3c2[nH]c2cnccc23)CO1. The number of rotatable bonds is 2. The maximum Gasteiger partial charge on any atom is 0.243 e. The number of halogens is 1. The van der Waals surface area contributed by atoms with Crippen molar-refractivity contribution in [3.8, 4) is 0 Å². The number of amides is 1. The van der Waals surface area contributed by atoms with Crippen LogP contribution in [0.15, 0.2) is 30.6 Å². The van der Waals surface area contributed by atoms with E-state index >= 15 is 0 Å². The van der Waals surface area contributed by atoms with Crippen LogP contribution in [0.3, 0.4) is 0 Å². The predicted octanol–water partition coefficient (Wildman–Crippen LogP) is 3.08. The van der Waals surface area contributed by atoms with Gasteiger partial charge in [0.2, 0.25) is 5.91 Å². The van der Waals surface area contributed by atoms with Crippen LogP contribution in [-0.4, -0.2) is 40.7 Å². The molecule has 0 saturated carbocycles. The second-order valence-corrected chi connectivity index (χ2v) is 7.35. The lowest BCUT2D eigenvalue weighted by atomic mass is 10.1. The molecule has 0 aliphatic carbocycles. The third-order valence-electron chi connectivity index (χ3n) is 4.46. The predicted molar refractivity (Wildman–Crippen MR) is 99.1 cm³/mol. The highest BCUT2D eigenvalue weighted by atomic mass is 35.5. The van der Waals surface area contributed by atoms with Gasteiger partial charge in [-0.2, -0.15) is 0 Å². The summed E-state index contributed by atoms with van der Waals surface area (Å²) >= 11 is 6.27. The number of nitrogens with one attached hydrogen (secondary N) is 3. The first-order valence-electron chi connectivity index (χ1n) is 8.16. The molecule has 1 aliphatic heterocycles. The van der Waals surface area contributed by atoms with Crippen LogP contribution in [0.2, 0.25) is 5.02 Å². The van der Waals surface area contributed by atoms with E-state index < -0.39 is 6.04 Å². The van der Waals surface area contributed by atoms with E-state index in [1.165, 1.54) is 0 Å². The molecule has 4 rings (SSSR count). The van der Waals surface area contributed by atoms with Crippen molar-refractivity contribution in [3.63, 3.8) is 0 Å². The van der Waals surface area contributed by atoms with E-state index in [9.17, 15) is 4.79 Å². The Hall–Kier alpha value is -2.15. The number of H-pyrrole nitrogens is 1. The van der Waals surface area contributed by atoms with Crippen LogP contribution in [0.5, 0.6) is 0 Å². The fourth-order valence-electron chi connectivity index (χ4n) is 3.09. The van der Waals surface area contributed by atoms with Crippen molar-refractivity contribution >= 4 is 45.0 Å². The van der Waals surface area contributed by atoms with E-state index in [1.807, 2.05) is 26.0 Å². The number of anilines is 1. The summed E-state index contributed by atoms with van der Waals surface area (Å²) in [5.74, 6) is -0.143. The van der Waals surface area contributed by atoms with Gasteiger partial charge in [-0.1, -0.05) is 11.6 Å². The molecule has 1 fully saturated rings. The number of aromatic nitrogens is 2. The number of carbonyl (C=O) groups excluding carboxylic acids is 1. The number of fused-ring (bicyclic) bond motifs is 3. The Balaban J connectivity index is 1.66. The summed E-state index contributed by atoms with van der Waals surface area (Å²) in [6.07, 6.45) is 3.49. The summed E-state index contributed by atoms with van der Waals surface area (Å²) < 4.78 is 5.73. The lowest BCUT2D eigenvalue weighted by Crippen LogP contribution is -2.55. The average Bonchev–Trinajstić information content (AvgIpc) is 2.93. The zero-order chi connectivity index (χ0) is 17.6. The average molecular weight is 359 g/mol. The third kappa shape index (κ3) is 3.08. The minimum atomic E-state index is -0.395. The largest absolute Gasteiger partial charge is 0.372 e. The van der Waals surface area contributed by atoms with Gasteiger partial charge in [-0.25, -0.2) is 0 Å². The molecule has 130 valence electrons. The Morgan fingerprint density at radius 2 is 2.24 bits per heavy atom. The van der Waals surface area contributed by atoms with Gasteiger partial charge in [0.1, 0.15) is 6.04 Å². The second kappa shape index (κ2) is 5.98. The molecule has 25 heavy (non-hydrogen) atoms. The lowest BCUT2D eigenvalue weighted by molar-refractivity contribution is -0.125. The molecule has 0 bridgehead atoms. The van der Waals surface area contributed by atoms with Crippen LogP contribution in [-0.2, 0) is 9.53 Å². The number of pyridine rings is 1. The third-order valence-corrected chi connectivity index (χ3v) is 4.68. The van der Waals surface area contributed by atoms with Crippen LogP contribution < -0.4 is 10.6 Å². The number of aromatic amines is 1. The normalized spacial score (nSPS) is 20.0. The minimum absolute atomic E-state index is 0.143. The molecule has 1 aromatic carbocycles. The van der Waals surface area contributed by atoms with Gasteiger partial charge >= 0.3 is 0 Å². The summed E-state index contributed by atoms with van der Waals surface area (Å²) in [4.78, 5) is 20.1. The monoisotopic (exact) mass is 358 g/mol. The Morgan fingerprint density at radius 3 is 3.00 bits per heavy atom. The van der Waals surface area contributed by atoms with Crippen molar-refractivity contribution < 1.29 is 9.53 Å². The van der Waals surface area contributed by atoms with Gasteiger partial charge < -0.3 is 20.4 Å². The van der Waals surface area contributed by atoms with E-state index in [-0.39, 0.29) is 11.5 Å². The maximum absolute atomic E-state index is 12.6. The quantitative estimate of drug-likeness (QED) is 0.657. The number of carbonyl (C=O) groups is 1. The van der Waals surface area contributed by atoms with E-state index in [1.54, 1.807) is 18.5 Å². The Morgan fingerprint density at radius 1 is 1.40 bits per heavy atom. The van der Waals surface area contributed by atoms with Crippen molar-refractivity contribution in [1.29, 1.82) is 0 Å². The molecular formula is C18H19ClN4O2. The van der Waals surface area contributed by atoms with Crippen molar-refractivity contribution in [2.24, 2.45) is 0 Å². The Kier molecular flexibility index (Phi) is 3.91. The first-order chi connectivity index (χ1) is 11.9. The summed E-state index contributed by atoms with van der Waals surface area (Å²) in [5, 5.41) is 8.73. The van der Waals surface area contributed by atoms with E-state index in [2.05, 4.69) is 20.6 Å². The van der Waals surface area contributed by atoms with Crippen LogP contribution >= 0.6 is 11.6 Å². The highest BCUT2D eigenvalue weighted by Crippen LogP contribution is 2.33. The number of benzene rings is 1. The van der Waals surface area contributed by atoms with Crippen LogP contribution in [0.25, 0.3) is 21.8 Å². The Labute approximate surface area is 149 Å². The second-order valence-electron chi connectivity index (χ2n) is 6.92. The van der Waals surface area contributed by atoms with Crippen molar-refractivity contribution in [3.05, 3.63) is 35.6 Å². The summed E-state index contributed by atoms with van der Waals surface area (Å²) in [5.41, 5.74) is 2.12. The molecule has 3 aromatic rings. The fraction of sp³-hybridized carbons (Fsp3) is 0.333. The van der Waals surface area contributed by atoms with Crippen molar-refractivity contribution in [2.75, 3.05) is 18.5 Å². The summed E-state index contributed by atoms with van der Waals surface area (Å²) in [7, 11) is 0. The number of morpholine rings is 1. The number of hydrogen-bond donors (Lipinski definition) is 3. The van der Waals surface area contributed by atoms with Gasteiger partial charge in [0.15, 0.2) is 0 Å². The zero-order valence-corrected chi connectivity index (χ0v) is 14.8. The van der Waals surface area contributed by atoms with Crippen molar-refractivity contribution in [2.45, 2.75) is 25.5 Å². The summed E-state index contributed by atoms with van der Waals surface area (Å²) in [6, 6.07) is 5.16. The van der Waals surface area contributed by atoms with E-state index in [4.69, 9.17) is 16.3 Å². The van der Waals surface area contributed by atoms with Gasteiger partial charge in [-0.3, -0.25) is 9.78 Å². The smallest absolute Gasteiger partial charge is 0.243 e. The molecule has 6 nitrogen and oxygen atoms in total. The van der Waals surface area contributed by atoms with Gasteiger partial charge in [-0.05, 0) is 32.0 Å². The number of hydrogen-bond acceptors (Lipinski definition) is 4. The molecule has 1 atom stereocenters. The molecule has 1 aliphatic rings. The summed E-state index contributed by atoms with van der Waals surface area (Å²) in [6.45, 7) is 4.94. The molecule has 0 spiro atoms. The zero-order valence-electron chi connectivity index (χ0n) is 14.0. The van der Waals surface area contributed by atoms with Crippen molar-refractivity contribution in [1.82, 2.24) is 15.3 Å². The maximum atomic E-state index is 12.6. The van der Waals surface area contributed by atoms with Crippen LogP contribution in [0.1, 0.15) is 13.8 Å². The highest BCUT2D eigenvalue weighted by Gasteiger charge is 2.31. The van der Waals surface area contributed by atoms with E-state index in [0.29, 0.717) is 23.9 Å². The molecule has 2 aromatic heterocycles. The molecule has 3 N–H and O–H groups in total. The van der Waals surface area contributed by atoms with Crippen LogP contribution in [0.4, 0.5) is 5.69 Å². The fourth-order valence-corrected chi connectivity index (χ4v) is 3.31. The molecule has 7 heteroatoms. The highest BCUT2D eigenvalue weighted by molar-refractivity contribution is 6.32. The molecule has 1 saturated heterocycles. The lowest BCUT2D eigenvalue weighted by Gasteiger charge is -2.35. The van der Waals surface area contributed by atoms with Crippen LogP contribution in [0, 0.1) is 0 Å². The van der Waals surface area contributed by atoms with Gasteiger partial charge in [-0.15, -0.1) is 0 Å². The number of ether oxygens (including phenoxy) is 1.